The molecule has 0 aliphatic rings. The van der Waals surface area contributed by atoms with Crippen molar-refractivity contribution in [2.45, 2.75) is 6.92 Å². The fraction of sp³-hybridized carbons (Fsp3) is 0.0233. The van der Waals surface area contributed by atoms with Crippen LogP contribution in [0.15, 0.2) is 194 Å². The second-order valence-corrected chi connectivity index (χ2v) is 19.5. The predicted octanol–water partition coefficient (Wildman–Crippen LogP) is 8.51. The van der Waals surface area contributed by atoms with Gasteiger partial charge in [-0.3, -0.25) is 0 Å². The first-order valence-electron chi connectivity index (χ1n) is 15.5. The summed E-state index contributed by atoms with van der Waals surface area (Å²) in [6, 6.07) is 71.2. The Balaban J connectivity index is 1.38. The van der Waals surface area contributed by atoms with E-state index in [0.29, 0.717) is 0 Å². The minimum atomic E-state index is -3.33. The van der Waals surface area contributed by atoms with E-state index in [2.05, 4.69) is 206 Å². The van der Waals surface area contributed by atoms with Crippen molar-refractivity contribution in [2.75, 3.05) is 4.90 Å². The van der Waals surface area contributed by atoms with Crippen LogP contribution >= 0.6 is 0 Å². The monoisotopic (exact) mass is 639 g/mol. The van der Waals surface area contributed by atoms with Crippen LogP contribution in [0.4, 0.5) is 17.1 Å². The molecule has 0 spiro atoms. The van der Waals surface area contributed by atoms with Crippen molar-refractivity contribution in [1.82, 2.24) is 0 Å². The van der Waals surface area contributed by atoms with Gasteiger partial charge in [-0.25, -0.2) is 0 Å². The third kappa shape index (κ3) is 5.64. The maximum absolute atomic E-state index is 3.33. The van der Waals surface area contributed by atoms with Crippen molar-refractivity contribution in [3.8, 4) is 11.1 Å². The molecular weight excluding hydrogens is 603 g/mol. The molecule has 45 heavy (non-hydrogen) atoms. The third-order valence-corrected chi connectivity index (χ3v) is 18.8. The molecule has 1 nitrogen and oxygen atoms in total. The van der Waals surface area contributed by atoms with Crippen molar-refractivity contribution in [3.63, 3.8) is 0 Å². The van der Waals surface area contributed by atoms with Crippen LogP contribution in [-0.4, -0.2) is 13.3 Å². The van der Waals surface area contributed by atoms with Gasteiger partial charge in [0.1, 0.15) is 0 Å². The summed E-state index contributed by atoms with van der Waals surface area (Å²) in [4.78, 5) is 2.36. The van der Waals surface area contributed by atoms with E-state index >= 15 is 0 Å². The molecule has 7 rings (SSSR count). The van der Waals surface area contributed by atoms with E-state index < -0.39 is 13.3 Å². The molecule has 0 saturated carbocycles. The van der Waals surface area contributed by atoms with Crippen LogP contribution in [-0.2, 0) is 0 Å². The average Bonchev–Trinajstić information content (AvgIpc) is 3.12. The molecular formula is C43H35GeN. The summed E-state index contributed by atoms with van der Waals surface area (Å²) in [5, 5.41) is 0. The Morgan fingerprint density at radius 2 is 0.622 bits per heavy atom. The fourth-order valence-corrected chi connectivity index (χ4v) is 16.5. The SMILES string of the molecule is Cc1ccc(N(c2ccc(-c3ccccc3)cc2)c2cc[c]([Ge]([c]3ccccc3)([c]3ccccc3)[c]3ccccc3)cc2)cc1. The normalized spacial score (nSPS) is 11.2. The number of aryl methyl sites for hydroxylation is 1. The van der Waals surface area contributed by atoms with E-state index in [1.165, 1.54) is 34.3 Å². The molecule has 0 radical (unpaired) electrons. The summed E-state index contributed by atoms with van der Waals surface area (Å²) < 4.78 is 5.68. The first-order valence-corrected chi connectivity index (χ1v) is 19.7. The van der Waals surface area contributed by atoms with Crippen LogP contribution in [0.5, 0.6) is 0 Å². The van der Waals surface area contributed by atoms with Crippen LogP contribution in [0, 0.1) is 6.92 Å². The number of rotatable bonds is 8. The van der Waals surface area contributed by atoms with E-state index in [0.717, 1.165) is 17.1 Å². The molecule has 0 aromatic heterocycles. The summed E-state index contributed by atoms with van der Waals surface area (Å²) in [5.41, 5.74) is 7.10. The molecule has 0 fully saturated rings. The van der Waals surface area contributed by atoms with Crippen LogP contribution in [0.3, 0.4) is 0 Å². The van der Waals surface area contributed by atoms with Gasteiger partial charge in [0.2, 0.25) is 0 Å². The Labute approximate surface area is 269 Å². The van der Waals surface area contributed by atoms with Crippen molar-refractivity contribution in [1.29, 1.82) is 0 Å². The van der Waals surface area contributed by atoms with Crippen LogP contribution < -0.4 is 22.5 Å². The summed E-state index contributed by atoms with van der Waals surface area (Å²) >= 11 is -3.33. The Hall–Kier alpha value is -5.12. The minimum absolute atomic E-state index is 1.13. The predicted molar refractivity (Wildman–Crippen MR) is 195 cm³/mol. The van der Waals surface area contributed by atoms with Crippen LogP contribution in [0.25, 0.3) is 11.1 Å². The van der Waals surface area contributed by atoms with E-state index in [1.807, 2.05) is 0 Å². The van der Waals surface area contributed by atoms with Gasteiger partial charge in [-0.15, -0.1) is 0 Å². The Morgan fingerprint density at radius 3 is 1.04 bits per heavy atom. The zero-order valence-electron chi connectivity index (χ0n) is 25.4. The van der Waals surface area contributed by atoms with Crippen molar-refractivity contribution in [2.24, 2.45) is 0 Å². The summed E-state index contributed by atoms with van der Waals surface area (Å²) in [6.07, 6.45) is 0. The van der Waals surface area contributed by atoms with Gasteiger partial charge in [-0.05, 0) is 0 Å². The zero-order valence-corrected chi connectivity index (χ0v) is 27.5. The van der Waals surface area contributed by atoms with Crippen molar-refractivity contribution >= 4 is 47.9 Å². The molecule has 7 aromatic rings. The van der Waals surface area contributed by atoms with Gasteiger partial charge in [0.15, 0.2) is 0 Å². The first kappa shape index (κ1) is 28.6. The summed E-state index contributed by atoms with van der Waals surface area (Å²) in [5.74, 6) is 0. The molecule has 7 aromatic carbocycles. The van der Waals surface area contributed by atoms with Gasteiger partial charge in [-0.2, -0.15) is 0 Å². The molecule has 0 aliphatic heterocycles. The standard InChI is InChI=1S/C43H35GeN/c1-34-22-28-41(29-23-34)45(42-30-24-36(25-31-42)35-14-6-2-7-15-35)43-32-26-40(27-33-43)44(37-16-8-3-9-17-37,38-18-10-4-11-19-38)39-20-12-5-13-21-39/h2-33H,1H3. The zero-order chi connectivity index (χ0) is 30.5. The quantitative estimate of drug-likeness (QED) is 0.151. The second-order valence-electron chi connectivity index (χ2n) is 11.5. The van der Waals surface area contributed by atoms with Gasteiger partial charge >= 0.3 is 264 Å². The van der Waals surface area contributed by atoms with E-state index in [4.69, 9.17) is 0 Å². The van der Waals surface area contributed by atoms with Gasteiger partial charge in [0.05, 0.1) is 0 Å². The molecule has 0 bridgehead atoms. The Bertz CT molecular complexity index is 1860. The third-order valence-electron chi connectivity index (χ3n) is 8.70. The number of hydrogen-bond acceptors (Lipinski definition) is 1. The molecule has 0 aliphatic carbocycles. The fourth-order valence-electron chi connectivity index (χ4n) is 6.50. The Morgan fingerprint density at radius 1 is 0.311 bits per heavy atom. The number of nitrogens with zero attached hydrogens (tertiary/aromatic N) is 1. The van der Waals surface area contributed by atoms with Gasteiger partial charge < -0.3 is 0 Å². The van der Waals surface area contributed by atoms with Gasteiger partial charge in [-0.1, -0.05) is 6.07 Å². The first-order chi connectivity index (χ1) is 22.2. The molecule has 0 N–H and O–H groups in total. The van der Waals surface area contributed by atoms with Crippen LogP contribution in [0.1, 0.15) is 5.56 Å². The summed E-state index contributed by atoms with van der Waals surface area (Å²) in [7, 11) is 0. The molecule has 216 valence electrons. The van der Waals surface area contributed by atoms with Crippen molar-refractivity contribution < 1.29 is 0 Å². The molecule has 0 heterocycles. The topological polar surface area (TPSA) is 3.24 Å². The van der Waals surface area contributed by atoms with Gasteiger partial charge in [0.25, 0.3) is 0 Å². The number of benzene rings is 7. The molecule has 0 atom stereocenters. The maximum atomic E-state index is 2.39. The molecule has 0 saturated heterocycles. The van der Waals surface area contributed by atoms with Gasteiger partial charge in [0, 0.05) is 0 Å². The Kier molecular flexibility index (Phi) is 8.18. The van der Waals surface area contributed by atoms with Crippen molar-refractivity contribution in [3.05, 3.63) is 200 Å². The number of anilines is 3. The summed E-state index contributed by atoms with van der Waals surface area (Å²) in [6.45, 7) is 2.14. The molecule has 0 unspecified atom stereocenters. The molecule has 0 amide bonds. The van der Waals surface area contributed by atoms with E-state index in [1.54, 1.807) is 0 Å². The van der Waals surface area contributed by atoms with E-state index in [-0.39, 0.29) is 0 Å². The second kappa shape index (κ2) is 12.9. The van der Waals surface area contributed by atoms with Crippen LogP contribution in [0.2, 0.25) is 0 Å². The number of hydrogen-bond donors (Lipinski definition) is 0. The average molecular weight is 638 g/mol. The van der Waals surface area contributed by atoms with E-state index in [9.17, 15) is 0 Å². The molecule has 2 heteroatoms.